The second kappa shape index (κ2) is 5.26. The van der Waals surface area contributed by atoms with E-state index >= 15 is 0 Å². The van der Waals surface area contributed by atoms with Gasteiger partial charge in [0.2, 0.25) is 0 Å². The minimum Gasteiger partial charge on any atom is -0.398 e. The van der Waals surface area contributed by atoms with E-state index in [4.69, 9.17) is 5.73 Å². The lowest BCUT2D eigenvalue weighted by molar-refractivity contribution is -0.128. The van der Waals surface area contributed by atoms with Crippen molar-refractivity contribution in [1.82, 2.24) is 10.2 Å². The first-order chi connectivity index (χ1) is 9.02. The third-order valence-electron chi connectivity index (χ3n) is 3.12. The number of benzene rings is 1. The molecule has 1 aromatic rings. The third-order valence-corrected chi connectivity index (χ3v) is 3.12. The van der Waals surface area contributed by atoms with Crippen molar-refractivity contribution < 1.29 is 14.0 Å². The number of carbonyl (C=O) groups excluding carboxylic acids is 2. The zero-order chi connectivity index (χ0) is 14.0. The van der Waals surface area contributed by atoms with Crippen LogP contribution in [-0.2, 0) is 11.3 Å². The van der Waals surface area contributed by atoms with Gasteiger partial charge >= 0.3 is 6.03 Å². The molecule has 2 rings (SSSR count). The van der Waals surface area contributed by atoms with Crippen molar-refractivity contribution in [3.63, 3.8) is 0 Å². The Hall–Kier alpha value is -2.11. The highest BCUT2D eigenvalue weighted by molar-refractivity contribution is 6.04. The quantitative estimate of drug-likeness (QED) is 0.641. The lowest BCUT2D eigenvalue weighted by Gasteiger charge is -2.14. The zero-order valence-corrected chi connectivity index (χ0v) is 10.6. The topological polar surface area (TPSA) is 75.4 Å². The maximum atomic E-state index is 13.2. The van der Waals surface area contributed by atoms with Crippen molar-refractivity contribution in [1.29, 1.82) is 0 Å². The lowest BCUT2D eigenvalue weighted by Crippen LogP contribution is -2.31. The number of anilines is 1. The van der Waals surface area contributed by atoms with Gasteiger partial charge in [-0.2, -0.15) is 0 Å². The summed E-state index contributed by atoms with van der Waals surface area (Å²) in [6.45, 7) is 1.93. The number of halogens is 1. The Kier molecular flexibility index (Phi) is 3.69. The largest absolute Gasteiger partial charge is 0.398 e. The second-order valence-electron chi connectivity index (χ2n) is 4.56. The number of amides is 3. The number of nitrogen functional groups attached to an aromatic ring is 1. The molecule has 1 aromatic carbocycles. The minimum absolute atomic E-state index is 0.00548. The van der Waals surface area contributed by atoms with Gasteiger partial charge in [0.05, 0.1) is 6.54 Å². The van der Waals surface area contributed by atoms with Crippen LogP contribution in [0.3, 0.4) is 0 Å². The Morgan fingerprint density at radius 2 is 2.16 bits per heavy atom. The van der Waals surface area contributed by atoms with Gasteiger partial charge in [-0.3, -0.25) is 9.69 Å². The summed E-state index contributed by atoms with van der Waals surface area (Å²) in [5.41, 5.74) is 6.51. The number of nitrogens with two attached hydrogens (primary N) is 1. The Morgan fingerprint density at radius 1 is 1.42 bits per heavy atom. The van der Waals surface area contributed by atoms with E-state index in [0.29, 0.717) is 17.7 Å². The lowest BCUT2D eigenvalue weighted by atomic mass is 10.1. The number of nitrogens with zero attached hydrogens (tertiary/aromatic N) is 1. The summed E-state index contributed by atoms with van der Waals surface area (Å²) in [5.74, 6) is -0.725. The highest BCUT2D eigenvalue weighted by atomic mass is 19.1. The minimum atomic E-state index is -0.479. The molecule has 0 radical (unpaired) electrons. The SMILES string of the molecule is CCCC1NC(=O)N(Cc2cc(F)ccc2N)C1=O. The number of carbonyl (C=O) groups is 2. The van der Waals surface area contributed by atoms with Gasteiger partial charge in [0.15, 0.2) is 0 Å². The Balaban J connectivity index is 2.17. The fourth-order valence-corrected chi connectivity index (χ4v) is 2.09. The van der Waals surface area contributed by atoms with Crippen LogP contribution in [0.5, 0.6) is 0 Å². The van der Waals surface area contributed by atoms with E-state index in [1.165, 1.54) is 18.2 Å². The van der Waals surface area contributed by atoms with Crippen LogP contribution in [0.4, 0.5) is 14.9 Å². The average Bonchev–Trinajstić information content (AvgIpc) is 2.62. The molecule has 19 heavy (non-hydrogen) atoms. The molecule has 3 N–H and O–H groups in total. The first-order valence-electron chi connectivity index (χ1n) is 6.18. The van der Waals surface area contributed by atoms with Gasteiger partial charge in [0, 0.05) is 5.69 Å². The molecule has 102 valence electrons. The number of hydrogen-bond acceptors (Lipinski definition) is 3. The monoisotopic (exact) mass is 265 g/mol. The van der Waals surface area contributed by atoms with E-state index in [1.54, 1.807) is 0 Å². The maximum absolute atomic E-state index is 13.2. The molecule has 1 fully saturated rings. The number of nitrogens with one attached hydrogen (secondary N) is 1. The van der Waals surface area contributed by atoms with Gasteiger partial charge in [-0.1, -0.05) is 13.3 Å². The molecule has 1 aliphatic heterocycles. The molecule has 1 aliphatic rings. The first-order valence-corrected chi connectivity index (χ1v) is 6.18. The summed E-state index contributed by atoms with van der Waals surface area (Å²) >= 11 is 0. The molecule has 5 nitrogen and oxygen atoms in total. The van der Waals surface area contributed by atoms with E-state index in [0.717, 1.165) is 11.3 Å². The summed E-state index contributed by atoms with van der Waals surface area (Å²) in [5, 5.41) is 2.61. The molecule has 0 aromatic heterocycles. The number of rotatable bonds is 4. The highest BCUT2D eigenvalue weighted by Crippen LogP contribution is 2.19. The predicted molar refractivity (Wildman–Crippen MR) is 68.6 cm³/mol. The highest BCUT2D eigenvalue weighted by Gasteiger charge is 2.37. The molecule has 0 aliphatic carbocycles. The summed E-state index contributed by atoms with van der Waals surface area (Å²) in [6.07, 6.45) is 1.40. The van der Waals surface area contributed by atoms with Gasteiger partial charge in [0.25, 0.3) is 5.91 Å². The molecule has 1 heterocycles. The number of imide groups is 1. The number of hydrogen-bond donors (Lipinski definition) is 2. The van der Waals surface area contributed by atoms with E-state index in [2.05, 4.69) is 5.32 Å². The van der Waals surface area contributed by atoms with Crippen LogP contribution in [0.1, 0.15) is 25.3 Å². The molecular weight excluding hydrogens is 249 g/mol. The van der Waals surface area contributed by atoms with Crippen LogP contribution in [0, 0.1) is 5.82 Å². The van der Waals surface area contributed by atoms with Crippen molar-refractivity contribution in [3.8, 4) is 0 Å². The maximum Gasteiger partial charge on any atom is 0.325 e. The van der Waals surface area contributed by atoms with Gasteiger partial charge in [0.1, 0.15) is 11.9 Å². The van der Waals surface area contributed by atoms with Crippen LogP contribution in [0.2, 0.25) is 0 Å². The van der Waals surface area contributed by atoms with Crippen molar-refractivity contribution in [2.75, 3.05) is 5.73 Å². The zero-order valence-electron chi connectivity index (χ0n) is 10.6. The van der Waals surface area contributed by atoms with E-state index in [-0.39, 0.29) is 12.5 Å². The van der Waals surface area contributed by atoms with E-state index < -0.39 is 17.9 Å². The van der Waals surface area contributed by atoms with Crippen LogP contribution in [0.25, 0.3) is 0 Å². The second-order valence-corrected chi connectivity index (χ2v) is 4.56. The molecule has 0 saturated carbocycles. The summed E-state index contributed by atoms with van der Waals surface area (Å²) in [7, 11) is 0. The molecule has 1 unspecified atom stereocenters. The van der Waals surface area contributed by atoms with E-state index in [9.17, 15) is 14.0 Å². The molecule has 1 saturated heterocycles. The summed E-state index contributed by atoms with van der Waals surface area (Å²) in [4.78, 5) is 24.8. The van der Waals surface area contributed by atoms with Gasteiger partial charge < -0.3 is 11.1 Å². The molecule has 0 spiro atoms. The molecular formula is C13H16FN3O2. The fourth-order valence-electron chi connectivity index (χ4n) is 2.09. The molecule has 0 bridgehead atoms. The third kappa shape index (κ3) is 2.67. The van der Waals surface area contributed by atoms with Crippen molar-refractivity contribution in [3.05, 3.63) is 29.6 Å². The van der Waals surface area contributed by atoms with Crippen molar-refractivity contribution in [2.24, 2.45) is 0 Å². The standard InChI is InChI=1S/C13H16FN3O2/c1-2-3-11-12(18)17(13(19)16-11)7-8-6-9(14)4-5-10(8)15/h4-6,11H,2-3,7,15H2,1H3,(H,16,19). The summed E-state index contributed by atoms with van der Waals surface area (Å²) in [6, 6.07) is 2.97. The summed E-state index contributed by atoms with van der Waals surface area (Å²) < 4.78 is 13.2. The predicted octanol–water partition coefficient (Wildman–Crippen LogP) is 1.63. The molecule has 3 amide bonds. The number of urea groups is 1. The Labute approximate surface area is 110 Å². The van der Waals surface area contributed by atoms with Crippen LogP contribution < -0.4 is 11.1 Å². The smallest absolute Gasteiger partial charge is 0.325 e. The fraction of sp³-hybridized carbons (Fsp3) is 0.385. The van der Waals surface area contributed by atoms with Crippen molar-refractivity contribution in [2.45, 2.75) is 32.4 Å². The van der Waals surface area contributed by atoms with Crippen LogP contribution in [-0.4, -0.2) is 22.9 Å². The Bertz CT molecular complexity index is 519. The molecule has 1 atom stereocenters. The van der Waals surface area contributed by atoms with Crippen LogP contribution in [0.15, 0.2) is 18.2 Å². The van der Waals surface area contributed by atoms with Gasteiger partial charge in [-0.15, -0.1) is 0 Å². The average molecular weight is 265 g/mol. The molecule has 6 heteroatoms. The van der Waals surface area contributed by atoms with Crippen LogP contribution >= 0.6 is 0 Å². The normalized spacial score (nSPS) is 18.8. The Morgan fingerprint density at radius 3 is 2.84 bits per heavy atom. The first kappa shape index (κ1) is 13.3. The van der Waals surface area contributed by atoms with Crippen molar-refractivity contribution >= 4 is 17.6 Å². The van der Waals surface area contributed by atoms with Gasteiger partial charge in [-0.25, -0.2) is 9.18 Å². The van der Waals surface area contributed by atoms with E-state index in [1.807, 2.05) is 6.92 Å². The van der Waals surface area contributed by atoms with Gasteiger partial charge in [-0.05, 0) is 30.2 Å².